The number of carboxylic acids is 1. The number of rotatable bonds is 5. The normalized spacial score (nSPS) is 39.8. The van der Waals surface area contributed by atoms with E-state index >= 15 is 0 Å². The summed E-state index contributed by atoms with van der Waals surface area (Å²) in [7, 11) is 0. The lowest BCUT2D eigenvalue weighted by molar-refractivity contribution is -0.950. The molecule has 1 aliphatic heterocycles. The summed E-state index contributed by atoms with van der Waals surface area (Å²) in [4.78, 5) is 11.0. The van der Waals surface area contributed by atoms with Crippen molar-refractivity contribution in [3.63, 3.8) is 0 Å². The van der Waals surface area contributed by atoms with E-state index in [9.17, 15) is 4.79 Å². The molecule has 3 aliphatic rings. The van der Waals surface area contributed by atoms with E-state index in [-0.39, 0.29) is 6.04 Å². The number of quaternary nitrogens is 1. The van der Waals surface area contributed by atoms with Crippen molar-refractivity contribution >= 4 is 5.97 Å². The molecule has 4 nitrogen and oxygen atoms in total. The molecule has 3 atom stereocenters. The molecule has 3 rings (SSSR count). The lowest BCUT2D eigenvalue weighted by atomic mass is 9.82. The van der Waals surface area contributed by atoms with Crippen molar-refractivity contribution < 1.29 is 14.4 Å². The topological polar surface area (TPSA) is 63.3 Å². The lowest BCUT2D eigenvalue weighted by Gasteiger charge is -2.49. The number of nitrogens with two attached hydrogens (primary N) is 1. The molecule has 0 aromatic rings. The first-order valence-corrected chi connectivity index (χ1v) is 7.90. The molecule has 2 aliphatic carbocycles. The van der Waals surface area contributed by atoms with E-state index in [0.29, 0.717) is 12.3 Å². The van der Waals surface area contributed by atoms with Crippen LogP contribution in [0.25, 0.3) is 0 Å². The van der Waals surface area contributed by atoms with Crippen molar-refractivity contribution in [2.75, 3.05) is 19.6 Å². The number of carbonyl (C=O) groups is 1. The van der Waals surface area contributed by atoms with Gasteiger partial charge in [0.25, 0.3) is 0 Å². The van der Waals surface area contributed by atoms with Crippen LogP contribution in [-0.4, -0.2) is 47.3 Å². The Hall–Kier alpha value is -0.610. The van der Waals surface area contributed by atoms with Crippen molar-refractivity contribution in [2.24, 2.45) is 17.6 Å². The molecule has 108 valence electrons. The molecule has 1 heterocycles. The van der Waals surface area contributed by atoms with Crippen molar-refractivity contribution in [1.82, 2.24) is 0 Å². The maximum atomic E-state index is 11.0. The zero-order chi connectivity index (χ0) is 13.5. The second kappa shape index (κ2) is 5.06. The van der Waals surface area contributed by atoms with Gasteiger partial charge in [0, 0.05) is 24.7 Å². The minimum Gasteiger partial charge on any atom is -0.481 e. The van der Waals surface area contributed by atoms with Crippen LogP contribution in [0.5, 0.6) is 0 Å². The zero-order valence-electron chi connectivity index (χ0n) is 11.8. The van der Waals surface area contributed by atoms with Crippen molar-refractivity contribution in [3.8, 4) is 0 Å². The number of hydrogen-bond acceptors (Lipinski definition) is 2. The van der Waals surface area contributed by atoms with Gasteiger partial charge in [0.05, 0.1) is 38.1 Å². The summed E-state index contributed by atoms with van der Waals surface area (Å²) in [5, 5.41) is 9.07. The summed E-state index contributed by atoms with van der Waals surface area (Å²) in [5.74, 6) is 0.523. The van der Waals surface area contributed by atoms with E-state index < -0.39 is 5.97 Å². The highest BCUT2D eigenvalue weighted by atomic mass is 16.4. The van der Waals surface area contributed by atoms with Gasteiger partial charge >= 0.3 is 5.97 Å². The number of hydrogen-bond donors (Lipinski definition) is 2. The molecule has 3 unspecified atom stereocenters. The standard InChI is InChI=1S/C15H26N2O2/c16-13-6-12(7-15(18)19)9-17(10-13,14-4-5-14)8-11-2-1-3-11/h11-14H,1-10,16H2/p+1. The molecule has 1 saturated heterocycles. The number of nitrogens with zero attached hydrogens (tertiary/aromatic N) is 1. The second-order valence-corrected chi connectivity index (χ2v) is 7.25. The fourth-order valence-electron chi connectivity index (χ4n) is 4.44. The van der Waals surface area contributed by atoms with Gasteiger partial charge < -0.3 is 15.3 Å². The molecule has 3 N–H and O–H groups in total. The number of carboxylic acid groups (broad SMARTS) is 1. The first-order valence-electron chi connectivity index (χ1n) is 7.90. The van der Waals surface area contributed by atoms with E-state index in [2.05, 4.69) is 0 Å². The van der Waals surface area contributed by atoms with Crippen LogP contribution in [0.3, 0.4) is 0 Å². The average molecular weight is 267 g/mol. The third-order valence-corrected chi connectivity index (χ3v) is 5.49. The van der Waals surface area contributed by atoms with E-state index in [0.717, 1.165) is 36.0 Å². The Morgan fingerprint density at radius 2 is 1.89 bits per heavy atom. The SMILES string of the molecule is NC1CC(CC(=O)O)C[N+](CC2CCC2)(C2CC2)C1. The Labute approximate surface area is 115 Å². The van der Waals surface area contributed by atoms with Gasteiger partial charge in [-0.05, 0) is 19.3 Å². The Bertz CT molecular complexity index is 352. The summed E-state index contributed by atoms with van der Waals surface area (Å²) in [6.45, 7) is 3.44. The van der Waals surface area contributed by atoms with Gasteiger partial charge in [0.2, 0.25) is 0 Å². The van der Waals surface area contributed by atoms with E-state index in [1.54, 1.807) is 0 Å². The van der Waals surface area contributed by atoms with Crippen LogP contribution < -0.4 is 5.73 Å². The highest BCUT2D eigenvalue weighted by Crippen LogP contribution is 2.42. The highest BCUT2D eigenvalue weighted by Gasteiger charge is 2.50. The molecule has 3 fully saturated rings. The summed E-state index contributed by atoms with van der Waals surface area (Å²) < 4.78 is 1.16. The largest absolute Gasteiger partial charge is 0.481 e. The first-order chi connectivity index (χ1) is 9.07. The van der Waals surface area contributed by atoms with Gasteiger partial charge in [-0.25, -0.2) is 0 Å². The van der Waals surface area contributed by atoms with Crippen LogP contribution in [0.4, 0.5) is 0 Å². The quantitative estimate of drug-likeness (QED) is 0.744. The lowest BCUT2D eigenvalue weighted by Crippen LogP contribution is -2.63. The van der Waals surface area contributed by atoms with Crippen molar-refractivity contribution in [3.05, 3.63) is 0 Å². The number of aliphatic carboxylic acids is 1. The van der Waals surface area contributed by atoms with Gasteiger partial charge in [0.15, 0.2) is 0 Å². The number of likely N-dealkylation sites (tertiary alicyclic amines) is 1. The van der Waals surface area contributed by atoms with Gasteiger partial charge in [-0.2, -0.15) is 0 Å². The molecule has 0 aromatic heterocycles. The molecular weight excluding hydrogens is 240 g/mol. The Balaban J connectivity index is 1.71. The minimum absolute atomic E-state index is 0.207. The third kappa shape index (κ3) is 2.95. The maximum absolute atomic E-state index is 11.0. The van der Waals surface area contributed by atoms with Gasteiger partial charge in [-0.1, -0.05) is 6.42 Å². The molecule has 0 spiro atoms. The molecule has 4 heteroatoms. The predicted molar refractivity (Wildman–Crippen MR) is 73.6 cm³/mol. The van der Waals surface area contributed by atoms with Crippen LogP contribution >= 0.6 is 0 Å². The molecular formula is C15H27N2O2+. The van der Waals surface area contributed by atoms with Crippen molar-refractivity contribution in [2.45, 2.75) is 57.0 Å². The smallest absolute Gasteiger partial charge is 0.303 e. The molecule has 19 heavy (non-hydrogen) atoms. The van der Waals surface area contributed by atoms with Crippen molar-refractivity contribution in [1.29, 1.82) is 0 Å². The monoisotopic (exact) mass is 267 g/mol. The van der Waals surface area contributed by atoms with Gasteiger partial charge in [-0.15, -0.1) is 0 Å². The minimum atomic E-state index is -0.656. The third-order valence-electron chi connectivity index (χ3n) is 5.49. The fourth-order valence-corrected chi connectivity index (χ4v) is 4.44. The van der Waals surface area contributed by atoms with Crippen LogP contribution in [0.1, 0.15) is 44.9 Å². The summed E-state index contributed by atoms with van der Waals surface area (Å²) in [6, 6.07) is 1.00. The van der Waals surface area contributed by atoms with Crippen LogP contribution in [-0.2, 0) is 4.79 Å². The zero-order valence-corrected chi connectivity index (χ0v) is 11.8. The average Bonchev–Trinajstić information content (AvgIpc) is 3.05. The van der Waals surface area contributed by atoms with Gasteiger partial charge in [-0.3, -0.25) is 4.79 Å². The molecule has 0 amide bonds. The van der Waals surface area contributed by atoms with Gasteiger partial charge in [0.1, 0.15) is 0 Å². The number of piperidine rings is 1. The maximum Gasteiger partial charge on any atom is 0.303 e. The molecule has 0 aromatic carbocycles. The Morgan fingerprint density at radius 3 is 2.42 bits per heavy atom. The highest BCUT2D eigenvalue weighted by molar-refractivity contribution is 5.67. The van der Waals surface area contributed by atoms with Crippen LogP contribution in [0.15, 0.2) is 0 Å². The summed E-state index contributed by atoms with van der Waals surface area (Å²) in [5.41, 5.74) is 6.27. The van der Waals surface area contributed by atoms with E-state index in [1.165, 1.54) is 38.6 Å². The molecule has 0 bridgehead atoms. The fraction of sp³-hybridized carbons (Fsp3) is 0.933. The second-order valence-electron chi connectivity index (χ2n) is 7.25. The molecule has 2 saturated carbocycles. The summed E-state index contributed by atoms with van der Waals surface area (Å²) >= 11 is 0. The Kier molecular flexibility index (Phi) is 3.56. The first kappa shape index (κ1) is 13.4. The van der Waals surface area contributed by atoms with Crippen LogP contribution in [0, 0.1) is 11.8 Å². The van der Waals surface area contributed by atoms with E-state index in [4.69, 9.17) is 10.8 Å². The van der Waals surface area contributed by atoms with Crippen LogP contribution in [0.2, 0.25) is 0 Å². The predicted octanol–water partition coefficient (Wildman–Crippen LogP) is 1.59. The summed E-state index contributed by atoms with van der Waals surface area (Å²) in [6.07, 6.45) is 8.03. The Morgan fingerprint density at radius 1 is 1.16 bits per heavy atom. The molecule has 0 radical (unpaired) electrons. The van der Waals surface area contributed by atoms with E-state index in [1.807, 2.05) is 0 Å².